The summed E-state index contributed by atoms with van der Waals surface area (Å²) in [6.45, 7) is 4.48. The van der Waals surface area contributed by atoms with E-state index < -0.39 is 17.6 Å². The molecule has 0 unspecified atom stereocenters. The number of hydrogen-bond acceptors (Lipinski definition) is 2. The fourth-order valence-corrected chi connectivity index (χ4v) is 1.49. The Bertz CT molecular complexity index is 377. The van der Waals surface area contributed by atoms with E-state index in [0.29, 0.717) is 12.1 Å². The van der Waals surface area contributed by atoms with Crippen molar-refractivity contribution in [2.45, 2.75) is 19.6 Å². The number of halogens is 4. The molecule has 0 aliphatic carbocycles. The molecule has 0 spiro atoms. The van der Waals surface area contributed by atoms with Gasteiger partial charge in [-0.2, -0.15) is 13.2 Å². The van der Waals surface area contributed by atoms with Crippen LogP contribution in [0.15, 0.2) is 18.2 Å². The van der Waals surface area contributed by atoms with Crippen LogP contribution in [-0.4, -0.2) is 19.6 Å². The number of benzene rings is 1. The minimum Gasteiger partial charge on any atom is -0.316 e. The van der Waals surface area contributed by atoms with E-state index in [0.717, 1.165) is 25.2 Å². The first kappa shape index (κ1) is 14.9. The molecule has 0 aliphatic heterocycles. The zero-order chi connectivity index (χ0) is 13.6. The summed E-state index contributed by atoms with van der Waals surface area (Å²) in [5.41, 5.74) is -0.797. The van der Waals surface area contributed by atoms with Gasteiger partial charge >= 0.3 is 6.18 Å². The zero-order valence-corrected chi connectivity index (χ0v) is 10.1. The third-order valence-corrected chi connectivity index (χ3v) is 2.39. The molecule has 6 heteroatoms. The Kier molecular flexibility index (Phi) is 5.55. The largest absolute Gasteiger partial charge is 0.419 e. The topological polar surface area (TPSA) is 24.1 Å². The van der Waals surface area contributed by atoms with Gasteiger partial charge < -0.3 is 10.6 Å². The molecular weight excluding hydrogens is 248 g/mol. The third-order valence-electron chi connectivity index (χ3n) is 2.39. The normalized spacial score (nSPS) is 11.8. The Morgan fingerprint density at radius 1 is 1.11 bits per heavy atom. The molecule has 0 amide bonds. The standard InChI is InChI=1S/C12H16F4N2/c1-2-17-5-6-18-8-9-3-4-11(13)10(7-9)12(14,15)16/h3-4,7,17-18H,2,5-6,8H2,1H3. The molecule has 2 nitrogen and oxygen atoms in total. The summed E-state index contributed by atoms with van der Waals surface area (Å²) >= 11 is 0. The second kappa shape index (κ2) is 6.70. The Morgan fingerprint density at radius 2 is 1.78 bits per heavy atom. The van der Waals surface area contributed by atoms with Crippen molar-refractivity contribution in [1.82, 2.24) is 10.6 Å². The summed E-state index contributed by atoms with van der Waals surface area (Å²) < 4.78 is 50.3. The first-order valence-corrected chi connectivity index (χ1v) is 5.72. The molecule has 0 bridgehead atoms. The maximum Gasteiger partial charge on any atom is 0.419 e. The Hall–Kier alpha value is -1.14. The predicted molar refractivity (Wildman–Crippen MR) is 61.7 cm³/mol. The molecular formula is C12H16F4N2. The average molecular weight is 264 g/mol. The molecule has 0 saturated carbocycles. The van der Waals surface area contributed by atoms with Crippen LogP contribution in [0.3, 0.4) is 0 Å². The number of nitrogens with one attached hydrogen (secondary N) is 2. The second-order valence-corrected chi connectivity index (χ2v) is 3.84. The van der Waals surface area contributed by atoms with Gasteiger partial charge in [0, 0.05) is 19.6 Å². The highest BCUT2D eigenvalue weighted by molar-refractivity contribution is 5.27. The van der Waals surface area contributed by atoms with Crippen molar-refractivity contribution in [2.24, 2.45) is 0 Å². The van der Waals surface area contributed by atoms with Gasteiger partial charge in [0.1, 0.15) is 5.82 Å². The fraction of sp³-hybridized carbons (Fsp3) is 0.500. The second-order valence-electron chi connectivity index (χ2n) is 3.84. The van der Waals surface area contributed by atoms with Crippen molar-refractivity contribution in [3.63, 3.8) is 0 Å². The van der Waals surface area contributed by atoms with Crippen LogP contribution in [0.4, 0.5) is 17.6 Å². The quantitative estimate of drug-likeness (QED) is 0.609. The highest BCUT2D eigenvalue weighted by atomic mass is 19.4. The predicted octanol–water partition coefficient (Wildman–Crippen LogP) is 2.54. The van der Waals surface area contributed by atoms with E-state index >= 15 is 0 Å². The Labute approximate surface area is 103 Å². The van der Waals surface area contributed by atoms with Gasteiger partial charge in [-0.05, 0) is 24.2 Å². The van der Waals surface area contributed by atoms with E-state index in [-0.39, 0.29) is 6.54 Å². The van der Waals surface area contributed by atoms with E-state index in [1.54, 1.807) is 0 Å². The van der Waals surface area contributed by atoms with E-state index in [4.69, 9.17) is 0 Å². The van der Waals surface area contributed by atoms with Gasteiger partial charge in [0.2, 0.25) is 0 Å². The van der Waals surface area contributed by atoms with Gasteiger partial charge in [0.05, 0.1) is 5.56 Å². The molecule has 0 aromatic heterocycles. The van der Waals surface area contributed by atoms with Crippen LogP contribution in [0.25, 0.3) is 0 Å². The lowest BCUT2D eigenvalue weighted by atomic mass is 10.1. The van der Waals surface area contributed by atoms with Crippen LogP contribution >= 0.6 is 0 Å². The van der Waals surface area contributed by atoms with Crippen molar-refractivity contribution >= 4 is 0 Å². The molecule has 0 saturated heterocycles. The first-order valence-electron chi connectivity index (χ1n) is 5.72. The highest BCUT2D eigenvalue weighted by Gasteiger charge is 2.34. The van der Waals surface area contributed by atoms with Gasteiger partial charge in [-0.25, -0.2) is 4.39 Å². The minimum absolute atomic E-state index is 0.286. The van der Waals surface area contributed by atoms with Crippen molar-refractivity contribution < 1.29 is 17.6 Å². The molecule has 0 aliphatic rings. The summed E-state index contributed by atoms with van der Waals surface area (Å²) in [5, 5.41) is 6.06. The van der Waals surface area contributed by atoms with E-state index in [1.165, 1.54) is 6.07 Å². The lowest BCUT2D eigenvalue weighted by Gasteiger charge is -2.10. The van der Waals surface area contributed by atoms with Crippen LogP contribution in [0, 0.1) is 5.82 Å². The number of hydrogen-bond donors (Lipinski definition) is 2. The first-order chi connectivity index (χ1) is 8.45. The fourth-order valence-electron chi connectivity index (χ4n) is 1.49. The van der Waals surface area contributed by atoms with Crippen LogP contribution in [-0.2, 0) is 12.7 Å². The third kappa shape index (κ3) is 4.62. The van der Waals surface area contributed by atoms with Crippen molar-refractivity contribution in [3.05, 3.63) is 35.1 Å². The maximum atomic E-state index is 13.0. The molecule has 18 heavy (non-hydrogen) atoms. The van der Waals surface area contributed by atoms with Crippen LogP contribution in [0.5, 0.6) is 0 Å². The van der Waals surface area contributed by atoms with Gasteiger partial charge in [-0.3, -0.25) is 0 Å². The van der Waals surface area contributed by atoms with Crippen LogP contribution in [0.1, 0.15) is 18.1 Å². The smallest absolute Gasteiger partial charge is 0.316 e. The average Bonchev–Trinajstić information content (AvgIpc) is 2.29. The van der Waals surface area contributed by atoms with Crippen molar-refractivity contribution in [1.29, 1.82) is 0 Å². The summed E-state index contributed by atoms with van der Waals surface area (Å²) in [6.07, 6.45) is -4.65. The van der Waals surface area contributed by atoms with Gasteiger partial charge in [-0.1, -0.05) is 13.0 Å². The molecule has 0 fully saturated rings. The lowest BCUT2D eigenvalue weighted by Crippen LogP contribution is -2.26. The van der Waals surface area contributed by atoms with Gasteiger partial charge in [-0.15, -0.1) is 0 Å². The summed E-state index contributed by atoms with van der Waals surface area (Å²) in [6, 6.07) is 3.05. The Morgan fingerprint density at radius 3 is 2.39 bits per heavy atom. The van der Waals surface area contributed by atoms with Crippen molar-refractivity contribution in [2.75, 3.05) is 19.6 Å². The SMILES string of the molecule is CCNCCNCc1ccc(F)c(C(F)(F)F)c1. The molecule has 2 N–H and O–H groups in total. The summed E-state index contributed by atoms with van der Waals surface area (Å²) in [5.74, 6) is -1.24. The number of rotatable bonds is 6. The van der Waals surface area contributed by atoms with E-state index in [2.05, 4.69) is 10.6 Å². The van der Waals surface area contributed by atoms with E-state index in [9.17, 15) is 17.6 Å². The number of alkyl halides is 3. The molecule has 1 rings (SSSR count). The summed E-state index contributed by atoms with van der Waals surface area (Å²) in [4.78, 5) is 0. The molecule has 1 aromatic rings. The van der Waals surface area contributed by atoms with Gasteiger partial charge in [0.15, 0.2) is 0 Å². The molecule has 0 radical (unpaired) electrons. The zero-order valence-electron chi connectivity index (χ0n) is 10.1. The van der Waals surface area contributed by atoms with Gasteiger partial charge in [0.25, 0.3) is 0 Å². The Balaban J connectivity index is 2.57. The maximum absolute atomic E-state index is 13.0. The van der Waals surface area contributed by atoms with Crippen molar-refractivity contribution in [3.8, 4) is 0 Å². The molecule has 1 aromatic carbocycles. The number of likely N-dealkylation sites (N-methyl/N-ethyl adjacent to an activating group) is 1. The van der Waals surface area contributed by atoms with E-state index in [1.807, 2.05) is 6.92 Å². The monoisotopic (exact) mass is 264 g/mol. The summed E-state index contributed by atoms with van der Waals surface area (Å²) in [7, 11) is 0. The molecule has 0 atom stereocenters. The van der Waals surface area contributed by atoms with Crippen LogP contribution < -0.4 is 10.6 Å². The molecule has 102 valence electrons. The van der Waals surface area contributed by atoms with Crippen LogP contribution in [0.2, 0.25) is 0 Å². The minimum atomic E-state index is -4.65. The highest BCUT2D eigenvalue weighted by Crippen LogP contribution is 2.31. The molecule has 0 heterocycles. The lowest BCUT2D eigenvalue weighted by molar-refractivity contribution is -0.140.